The van der Waals surface area contributed by atoms with Gasteiger partial charge in [0.1, 0.15) is 18.1 Å². The SMILES string of the molecule is CC(C)C(NC(=O)C(NC(=O)CN)C(C)O)C(=O)NC(CCCN=C(N)N)C(=O)O. The molecule has 0 saturated carbocycles. The highest BCUT2D eigenvalue weighted by molar-refractivity contribution is 5.94. The van der Waals surface area contributed by atoms with Crippen LogP contribution in [0.25, 0.3) is 0 Å². The van der Waals surface area contributed by atoms with Crippen molar-refractivity contribution in [1.29, 1.82) is 0 Å². The summed E-state index contributed by atoms with van der Waals surface area (Å²) in [4.78, 5) is 51.8. The van der Waals surface area contributed by atoms with Crippen LogP contribution in [0.5, 0.6) is 0 Å². The zero-order valence-electron chi connectivity index (χ0n) is 17.4. The van der Waals surface area contributed by atoms with Gasteiger partial charge in [0.2, 0.25) is 17.7 Å². The van der Waals surface area contributed by atoms with Crippen LogP contribution in [0.3, 0.4) is 0 Å². The Morgan fingerprint density at radius 2 is 1.53 bits per heavy atom. The van der Waals surface area contributed by atoms with Crippen LogP contribution in [-0.2, 0) is 19.2 Å². The number of aliphatic hydroxyl groups excluding tert-OH is 1. The zero-order chi connectivity index (χ0) is 23.4. The molecule has 0 aromatic carbocycles. The van der Waals surface area contributed by atoms with Crippen LogP contribution < -0.4 is 33.2 Å². The molecule has 0 radical (unpaired) electrons. The predicted molar refractivity (Wildman–Crippen MR) is 109 cm³/mol. The Morgan fingerprint density at radius 1 is 0.967 bits per heavy atom. The number of nitrogens with one attached hydrogen (secondary N) is 3. The Balaban J connectivity index is 5.17. The monoisotopic (exact) mass is 431 g/mol. The summed E-state index contributed by atoms with van der Waals surface area (Å²) in [6, 6.07) is -3.65. The maximum Gasteiger partial charge on any atom is 0.326 e. The number of carbonyl (C=O) groups excluding carboxylic acids is 3. The number of aliphatic hydroxyl groups is 1. The number of nitrogens with two attached hydrogens (primary N) is 3. The van der Waals surface area contributed by atoms with Crippen molar-refractivity contribution in [2.45, 2.75) is 57.8 Å². The van der Waals surface area contributed by atoms with Crippen LogP contribution in [0, 0.1) is 5.92 Å². The van der Waals surface area contributed by atoms with Crippen LogP contribution in [0.15, 0.2) is 4.99 Å². The standard InChI is InChI=1S/C17H33N7O6/c1-8(2)12(24-15(28)13(9(3)25)23-11(26)7-18)14(27)22-10(16(29)30)5-4-6-21-17(19)20/h8-10,12-13,25H,4-7,18H2,1-3H3,(H,22,27)(H,23,26)(H,24,28)(H,29,30)(H4,19,20,21). The van der Waals surface area contributed by atoms with Gasteiger partial charge in [0.25, 0.3) is 0 Å². The second kappa shape index (κ2) is 13.3. The number of rotatable bonds is 13. The normalized spacial score (nSPS) is 14.7. The molecule has 0 aliphatic heterocycles. The first-order valence-corrected chi connectivity index (χ1v) is 9.47. The molecule has 13 heteroatoms. The van der Waals surface area contributed by atoms with E-state index in [2.05, 4.69) is 20.9 Å². The van der Waals surface area contributed by atoms with E-state index >= 15 is 0 Å². The van der Waals surface area contributed by atoms with Gasteiger partial charge >= 0.3 is 5.97 Å². The third-order valence-electron chi connectivity index (χ3n) is 4.07. The molecule has 11 N–H and O–H groups in total. The lowest BCUT2D eigenvalue weighted by Gasteiger charge is -2.27. The first kappa shape index (κ1) is 27.1. The van der Waals surface area contributed by atoms with Gasteiger partial charge in [-0.15, -0.1) is 0 Å². The number of hydrogen-bond donors (Lipinski definition) is 8. The molecule has 0 aliphatic carbocycles. The summed E-state index contributed by atoms with van der Waals surface area (Å²) >= 11 is 0. The van der Waals surface area contributed by atoms with Gasteiger partial charge in [-0.25, -0.2) is 4.79 Å². The number of carboxylic acid groups (broad SMARTS) is 1. The first-order valence-electron chi connectivity index (χ1n) is 9.47. The highest BCUT2D eigenvalue weighted by Crippen LogP contribution is 2.06. The van der Waals surface area contributed by atoms with E-state index in [0.717, 1.165) is 0 Å². The molecular formula is C17H33N7O6. The van der Waals surface area contributed by atoms with Gasteiger partial charge in [-0.3, -0.25) is 19.4 Å². The van der Waals surface area contributed by atoms with Crippen LogP contribution in [0.4, 0.5) is 0 Å². The average molecular weight is 431 g/mol. The molecular weight excluding hydrogens is 398 g/mol. The number of carboxylic acids is 1. The molecule has 0 aliphatic rings. The van der Waals surface area contributed by atoms with Crippen molar-refractivity contribution >= 4 is 29.7 Å². The fourth-order valence-electron chi connectivity index (χ4n) is 2.44. The largest absolute Gasteiger partial charge is 0.480 e. The van der Waals surface area contributed by atoms with Crippen molar-refractivity contribution < 1.29 is 29.4 Å². The molecule has 0 aromatic rings. The molecule has 4 unspecified atom stereocenters. The second-order valence-electron chi connectivity index (χ2n) is 7.07. The number of carbonyl (C=O) groups is 4. The molecule has 0 aromatic heterocycles. The van der Waals surface area contributed by atoms with Gasteiger partial charge in [0.15, 0.2) is 5.96 Å². The second-order valence-corrected chi connectivity index (χ2v) is 7.07. The molecule has 0 spiro atoms. The number of aliphatic imine (C=N–C) groups is 1. The smallest absolute Gasteiger partial charge is 0.326 e. The topological polar surface area (TPSA) is 235 Å². The molecule has 4 atom stereocenters. The Labute approximate surface area is 174 Å². The lowest BCUT2D eigenvalue weighted by molar-refractivity contribution is -0.143. The summed E-state index contributed by atoms with van der Waals surface area (Å²) in [5, 5.41) is 26.2. The highest BCUT2D eigenvalue weighted by atomic mass is 16.4. The number of hydrogen-bond acceptors (Lipinski definition) is 7. The molecule has 13 nitrogen and oxygen atoms in total. The Morgan fingerprint density at radius 3 is 1.97 bits per heavy atom. The summed E-state index contributed by atoms with van der Waals surface area (Å²) in [7, 11) is 0. The summed E-state index contributed by atoms with van der Waals surface area (Å²) < 4.78 is 0. The van der Waals surface area contributed by atoms with E-state index in [9.17, 15) is 29.4 Å². The molecule has 3 amide bonds. The molecule has 172 valence electrons. The highest BCUT2D eigenvalue weighted by Gasteiger charge is 2.32. The third-order valence-corrected chi connectivity index (χ3v) is 4.07. The minimum absolute atomic E-state index is 0.0689. The lowest BCUT2D eigenvalue weighted by Crippen LogP contribution is -2.60. The fourth-order valence-corrected chi connectivity index (χ4v) is 2.44. The maximum absolute atomic E-state index is 12.6. The van der Waals surface area contributed by atoms with Crippen molar-refractivity contribution in [3.8, 4) is 0 Å². The van der Waals surface area contributed by atoms with E-state index < -0.39 is 53.8 Å². The molecule has 0 fully saturated rings. The van der Waals surface area contributed by atoms with Gasteiger partial charge in [0.05, 0.1) is 12.6 Å². The van der Waals surface area contributed by atoms with Crippen LogP contribution >= 0.6 is 0 Å². The number of amides is 3. The van der Waals surface area contributed by atoms with E-state index in [1.165, 1.54) is 6.92 Å². The van der Waals surface area contributed by atoms with Gasteiger partial charge < -0.3 is 43.4 Å². The van der Waals surface area contributed by atoms with Gasteiger partial charge in [-0.1, -0.05) is 13.8 Å². The third kappa shape index (κ3) is 10.0. The quantitative estimate of drug-likeness (QED) is 0.0821. The number of nitrogens with zero attached hydrogens (tertiary/aromatic N) is 1. The zero-order valence-corrected chi connectivity index (χ0v) is 17.4. The Hall–Kier alpha value is -2.93. The molecule has 0 saturated heterocycles. The van der Waals surface area contributed by atoms with E-state index in [1.807, 2.05) is 0 Å². The van der Waals surface area contributed by atoms with E-state index in [4.69, 9.17) is 17.2 Å². The Bertz CT molecular complexity index is 634. The van der Waals surface area contributed by atoms with Crippen molar-refractivity contribution in [3.05, 3.63) is 0 Å². The minimum atomic E-state index is -1.33. The first-order chi connectivity index (χ1) is 13.9. The predicted octanol–water partition coefficient (Wildman–Crippen LogP) is -3.43. The summed E-state index contributed by atoms with van der Waals surface area (Å²) in [5.41, 5.74) is 15.6. The Kier molecular flexibility index (Phi) is 12.0. The van der Waals surface area contributed by atoms with Gasteiger partial charge in [-0.2, -0.15) is 0 Å². The molecule has 0 heterocycles. The average Bonchev–Trinajstić information content (AvgIpc) is 2.64. The van der Waals surface area contributed by atoms with Crippen molar-refractivity contribution in [3.63, 3.8) is 0 Å². The summed E-state index contributed by atoms with van der Waals surface area (Å²) in [5.74, 6) is -3.97. The van der Waals surface area contributed by atoms with E-state index in [1.54, 1.807) is 13.8 Å². The van der Waals surface area contributed by atoms with Crippen LogP contribution in [0.2, 0.25) is 0 Å². The molecule has 0 rings (SSSR count). The van der Waals surface area contributed by atoms with Crippen LogP contribution in [0.1, 0.15) is 33.6 Å². The molecule has 0 bridgehead atoms. The summed E-state index contributed by atoms with van der Waals surface area (Å²) in [6.07, 6.45) is -0.874. The molecule has 30 heavy (non-hydrogen) atoms. The van der Waals surface area contributed by atoms with Crippen molar-refractivity contribution in [2.24, 2.45) is 28.1 Å². The number of guanidine groups is 1. The summed E-state index contributed by atoms with van der Waals surface area (Å²) in [6.45, 7) is 4.40. The maximum atomic E-state index is 12.6. The van der Waals surface area contributed by atoms with Crippen molar-refractivity contribution in [1.82, 2.24) is 16.0 Å². The van der Waals surface area contributed by atoms with Crippen LogP contribution in [-0.4, -0.2) is 77.2 Å². The van der Waals surface area contributed by atoms with Gasteiger partial charge in [0, 0.05) is 6.54 Å². The van der Waals surface area contributed by atoms with Crippen molar-refractivity contribution in [2.75, 3.05) is 13.1 Å². The van der Waals surface area contributed by atoms with E-state index in [-0.39, 0.29) is 25.5 Å². The number of aliphatic carboxylic acids is 1. The van der Waals surface area contributed by atoms with Gasteiger partial charge in [-0.05, 0) is 25.7 Å². The lowest BCUT2D eigenvalue weighted by atomic mass is 10.0. The fraction of sp³-hybridized carbons (Fsp3) is 0.706. The van der Waals surface area contributed by atoms with E-state index in [0.29, 0.717) is 6.42 Å². The minimum Gasteiger partial charge on any atom is -0.480 e.